The van der Waals surface area contributed by atoms with Crippen LogP contribution in [0.4, 0.5) is 0 Å². The van der Waals surface area contributed by atoms with Crippen molar-refractivity contribution in [2.45, 2.75) is 45.6 Å². The maximum atomic E-state index is 12.2. The number of carboxylic acids is 1. The molecule has 8 nitrogen and oxygen atoms in total. The fourth-order valence-corrected chi connectivity index (χ4v) is 3.81. The van der Waals surface area contributed by atoms with Crippen LogP contribution in [0.3, 0.4) is 0 Å². The van der Waals surface area contributed by atoms with Crippen molar-refractivity contribution in [3.05, 3.63) is 33.0 Å². The third kappa shape index (κ3) is 3.49. The zero-order valence-corrected chi connectivity index (χ0v) is 16.0. The van der Waals surface area contributed by atoms with Crippen LogP contribution in [0.15, 0.2) is 4.79 Å². The molecule has 1 aliphatic carbocycles. The van der Waals surface area contributed by atoms with E-state index in [1.165, 1.54) is 0 Å². The molecule has 2 aromatic heterocycles. The van der Waals surface area contributed by atoms with E-state index in [4.69, 9.17) is 4.98 Å². The molecule has 0 radical (unpaired) electrons. The van der Waals surface area contributed by atoms with Crippen LogP contribution in [0.25, 0.3) is 11.4 Å². The van der Waals surface area contributed by atoms with Gasteiger partial charge in [0.2, 0.25) is 0 Å². The third-order valence-corrected chi connectivity index (χ3v) is 5.05. The number of carboxylic acid groups (broad SMARTS) is 1. The normalized spacial score (nSPS) is 13.3. The number of rotatable bonds is 6. The van der Waals surface area contributed by atoms with Gasteiger partial charge < -0.3 is 24.7 Å². The summed E-state index contributed by atoms with van der Waals surface area (Å²) in [5, 5.41) is 19.7. The van der Waals surface area contributed by atoms with Gasteiger partial charge in [0.15, 0.2) is 5.56 Å². The minimum absolute atomic E-state index is 0.436. The SMILES string of the molecule is CCn1c(CCCN(C)C)nc2c1CCCc1c-2[nH]c(=O)c(C(=O)O)c1O. The van der Waals surface area contributed by atoms with Gasteiger partial charge >= 0.3 is 5.97 Å². The Kier molecular flexibility index (Phi) is 5.36. The van der Waals surface area contributed by atoms with Crippen LogP contribution in [0.5, 0.6) is 5.75 Å². The second kappa shape index (κ2) is 7.56. The van der Waals surface area contributed by atoms with E-state index in [1.54, 1.807) is 0 Å². The molecule has 146 valence electrons. The Balaban J connectivity index is 2.12. The Labute approximate surface area is 157 Å². The molecule has 3 N–H and O–H groups in total. The monoisotopic (exact) mass is 374 g/mol. The van der Waals surface area contributed by atoms with Crippen LogP contribution in [-0.4, -0.2) is 56.3 Å². The summed E-state index contributed by atoms with van der Waals surface area (Å²) in [6, 6.07) is 0. The molecule has 2 heterocycles. The number of fused-ring (bicyclic) bond motifs is 3. The summed E-state index contributed by atoms with van der Waals surface area (Å²) in [6.07, 6.45) is 3.80. The van der Waals surface area contributed by atoms with Crippen LogP contribution in [0.1, 0.15) is 47.2 Å². The number of aromatic amines is 1. The first kappa shape index (κ1) is 19.2. The molecule has 1 aliphatic rings. The van der Waals surface area contributed by atoms with Crippen molar-refractivity contribution in [3.63, 3.8) is 0 Å². The Hall–Kier alpha value is -2.61. The molecule has 0 bridgehead atoms. The van der Waals surface area contributed by atoms with E-state index in [0.717, 1.165) is 50.3 Å². The predicted molar refractivity (Wildman–Crippen MR) is 101 cm³/mol. The lowest BCUT2D eigenvalue weighted by Gasteiger charge is -2.11. The van der Waals surface area contributed by atoms with Crippen molar-refractivity contribution in [1.82, 2.24) is 19.4 Å². The van der Waals surface area contributed by atoms with E-state index < -0.39 is 22.8 Å². The van der Waals surface area contributed by atoms with Crippen molar-refractivity contribution in [2.24, 2.45) is 0 Å². The average molecular weight is 374 g/mol. The van der Waals surface area contributed by atoms with Crippen LogP contribution < -0.4 is 5.56 Å². The van der Waals surface area contributed by atoms with E-state index in [2.05, 4.69) is 21.4 Å². The fraction of sp³-hybridized carbons (Fsp3) is 0.526. The molecule has 0 unspecified atom stereocenters. The van der Waals surface area contributed by atoms with Gasteiger partial charge in [-0.1, -0.05) is 0 Å². The molecule has 0 amide bonds. The molecule has 0 saturated carbocycles. The number of aryl methyl sites for hydroxylation is 1. The van der Waals surface area contributed by atoms with Gasteiger partial charge in [0, 0.05) is 24.2 Å². The van der Waals surface area contributed by atoms with Crippen LogP contribution in [0, 0.1) is 0 Å². The van der Waals surface area contributed by atoms with Gasteiger partial charge in [0.25, 0.3) is 5.56 Å². The Bertz CT molecular complexity index is 927. The summed E-state index contributed by atoms with van der Waals surface area (Å²) in [7, 11) is 4.07. The topological polar surface area (TPSA) is 111 Å². The zero-order chi connectivity index (χ0) is 19.7. The lowest BCUT2D eigenvalue weighted by atomic mass is 10.0. The van der Waals surface area contributed by atoms with E-state index >= 15 is 0 Å². The van der Waals surface area contributed by atoms with Gasteiger partial charge in [-0.3, -0.25) is 4.79 Å². The van der Waals surface area contributed by atoms with Crippen molar-refractivity contribution in [2.75, 3.05) is 20.6 Å². The predicted octanol–water partition coefficient (Wildman–Crippen LogP) is 1.65. The number of pyridine rings is 1. The van der Waals surface area contributed by atoms with Crippen LogP contribution >= 0.6 is 0 Å². The van der Waals surface area contributed by atoms with Crippen molar-refractivity contribution in [1.29, 1.82) is 0 Å². The summed E-state index contributed by atoms with van der Waals surface area (Å²) < 4.78 is 2.18. The molecule has 27 heavy (non-hydrogen) atoms. The second-order valence-corrected chi connectivity index (χ2v) is 7.16. The lowest BCUT2D eigenvalue weighted by molar-refractivity contribution is 0.0691. The number of nitrogens with zero attached hydrogens (tertiary/aromatic N) is 3. The van der Waals surface area contributed by atoms with E-state index in [9.17, 15) is 19.8 Å². The minimum Gasteiger partial charge on any atom is -0.506 e. The summed E-state index contributed by atoms with van der Waals surface area (Å²) in [5.41, 5.74) is 1.22. The Morgan fingerprint density at radius 1 is 1.33 bits per heavy atom. The standard InChI is InChI=1S/C19H26N4O4/c1-4-23-12-8-5-7-11-15(21-18(25)14(17(11)24)19(26)27)16(12)20-13(23)9-6-10-22(2)3/h4-10H2,1-3H3,(H,26,27)(H2,21,24,25). The quantitative estimate of drug-likeness (QED) is 0.709. The van der Waals surface area contributed by atoms with Crippen molar-refractivity contribution >= 4 is 5.97 Å². The van der Waals surface area contributed by atoms with Crippen LogP contribution in [0.2, 0.25) is 0 Å². The first-order valence-corrected chi connectivity index (χ1v) is 9.29. The van der Waals surface area contributed by atoms with Gasteiger partial charge in [-0.25, -0.2) is 9.78 Å². The molecule has 0 aliphatic heterocycles. The lowest BCUT2D eigenvalue weighted by Crippen LogP contribution is -2.20. The molecule has 0 spiro atoms. The Morgan fingerprint density at radius 3 is 2.70 bits per heavy atom. The molecule has 3 rings (SSSR count). The molecular weight excluding hydrogens is 348 g/mol. The number of nitrogens with one attached hydrogen (secondary N) is 1. The molecule has 0 fully saturated rings. The smallest absolute Gasteiger partial charge is 0.345 e. The van der Waals surface area contributed by atoms with E-state index in [1.807, 2.05) is 14.1 Å². The summed E-state index contributed by atoms with van der Waals surface area (Å²) >= 11 is 0. The molecule has 0 aromatic carbocycles. The highest BCUT2D eigenvalue weighted by Gasteiger charge is 2.28. The highest BCUT2D eigenvalue weighted by molar-refractivity contribution is 5.91. The van der Waals surface area contributed by atoms with E-state index in [-0.39, 0.29) is 0 Å². The zero-order valence-electron chi connectivity index (χ0n) is 16.0. The Morgan fingerprint density at radius 2 is 2.07 bits per heavy atom. The van der Waals surface area contributed by atoms with Crippen molar-refractivity contribution < 1.29 is 15.0 Å². The molecule has 0 atom stereocenters. The highest BCUT2D eigenvalue weighted by atomic mass is 16.4. The molecule has 0 saturated heterocycles. The van der Waals surface area contributed by atoms with Gasteiger partial charge in [-0.2, -0.15) is 0 Å². The number of aromatic hydroxyl groups is 1. The number of carbonyl (C=O) groups is 1. The third-order valence-electron chi connectivity index (χ3n) is 5.05. The van der Waals surface area contributed by atoms with E-state index in [0.29, 0.717) is 23.4 Å². The van der Waals surface area contributed by atoms with Crippen LogP contribution in [-0.2, 0) is 25.8 Å². The van der Waals surface area contributed by atoms with Gasteiger partial charge in [0.05, 0.1) is 5.69 Å². The summed E-state index contributed by atoms with van der Waals surface area (Å²) in [5.74, 6) is -0.904. The largest absolute Gasteiger partial charge is 0.506 e. The van der Waals surface area contributed by atoms with Gasteiger partial charge in [-0.15, -0.1) is 0 Å². The van der Waals surface area contributed by atoms with Crippen molar-refractivity contribution in [3.8, 4) is 17.1 Å². The number of hydrogen-bond donors (Lipinski definition) is 3. The maximum Gasteiger partial charge on any atom is 0.345 e. The minimum atomic E-state index is -1.43. The first-order chi connectivity index (χ1) is 12.8. The number of imidazole rings is 1. The number of H-pyrrole nitrogens is 1. The maximum absolute atomic E-state index is 12.2. The second-order valence-electron chi connectivity index (χ2n) is 7.16. The summed E-state index contributed by atoms with van der Waals surface area (Å²) in [4.78, 5) is 33.2. The first-order valence-electron chi connectivity index (χ1n) is 9.29. The number of aromatic nitrogens is 3. The van der Waals surface area contributed by atoms with Gasteiger partial charge in [-0.05, 0) is 53.2 Å². The fourth-order valence-electron chi connectivity index (χ4n) is 3.81. The number of hydrogen-bond acceptors (Lipinski definition) is 5. The molecule has 8 heteroatoms. The average Bonchev–Trinajstić information content (AvgIpc) is 2.83. The van der Waals surface area contributed by atoms with Gasteiger partial charge in [0.1, 0.15) is 17.3 Å². The summed E-state index contributed by atoms with van der Waals surface area (Å²) in [6.45, 7) is 3.80. The number of aromatic carboxylic acids is 1. The molecule has 2 aromatic rings. The highest BCUT2D eigenvalue weighted by Crippen LogP contribution is 2.36. The molecular formula is C19H26N4O4.